The van der Waals surface area contributed by atoms with Crippen LogP contribution in [0, 0.1) is 5.82 Å². The van der Waals surface area contributed by atoms with E-state index in [2.05, 4.69) is 15.2 Å². The topological polar surface area (TPSA) is 108 Å². The molecule has 2 aromatic heterocycles. The first kappa shape index (κ1) is 22.8. The number of aryl methyl sites for hydroxylation is 1. The third-order valence-corrected chi connectivity index (χ3v) is 5.47. The molecule has 1 fully saturated rings. The van der Waals surface area contributed by atoms with Crippen molar-refractivity contribution < 1.29 is 18.7 Å². The van der Waals surface area contributed by atoms with Gasteiger partial charge in [-0.3, -0.25) is 4.98 Å². The summed E-state index contributed by atoms with van der Waals surface area (Å²) in [4.78, 5) is 22.9. The number of alkyl carbamates (subject to hydrolysis) is 1. The Morgan fingerprint density at radius 2 is 2.15 bits per heavy atom. The Kier molecular flexibility index (Phi) is 6.11. The van der Waals surface area contributed by atoms with Crippen LogP contribution >= 0.6 is 0 Å². The molecule has 3 aromatic rings. The summed E-state index contributed by atoms with van der Waals surface area (Å²) in [6, 6.07) is 5.11. The fourth-order valence-electron chi connectivity index (χ4n) is 3.99. The number of fused-ring (bicyclic) bond motifs is 1. The molecule has 0 spiro atoms. The third kappa shape index (κ3) is 4.70. The minimum Gasteiger partial charge on any atom is -0.444 e. The molecule has 1 aliphatic rings. The Labute approximate surface area is 191 Å². The maximum absolute atomic E-state index is 14.5. The number of nitrogens with one attached hydrogen (secondary N) is 1. The van der Waals surface area contributed by atoms with E-state index >= 15 is 0 Å². The Morgan fingerprint density at radius 3 is 2.88 bits per heavy atom. The van der Waals surface area contributed by atoms with Gasteiger partial charge in [-0.2, -0.15) is 0 Å². The van der Waals surface area contributed by atoms with Gasteiger partial charge in [0.15, 0.2) is 5.82 Å². The molecule has 1 amide bonds. The molecule has 0 aliphatic carbocycles. The van der Waals surface area contributed by atoms with Crippen molar-refractivity contribution in [2.75, 3.05) is 36.9 Å². The van der Waals surface area contributed by atoms with Crippen LogP contribution < -0.4 is 16.0 Å². The summed E-state index contributed by atoms with van der Waals surface area (Å²) in [6.07, 6.45) is 2.21. The molecule has 0 unspecified atom stereocenters. The van der Waals surface area contributed by atoms with Crippen molar-refractivity contribution >= 4 is 28.5 Å². The van der Waals surface area contributed by atoms with Gasteiger partial charge < -0.3 is 30.0 Å². The highest BCUT2D eigenvalue weighted by Crippen LogP contribution is 2.36. The molecular formula is C23H29FN6O3. The molecule has 176 valence electrons. The zero-order valence-electron chi connectivity index (χ0n) is 19.3. The average molecular weight is 457 g/mol. The lowest BCUT2D eigenvalue weighted by Gasteiger charge is -2.38. The van der Waals surface area contributed by atoms with Crippen molar-refractivity contribution in [3.63, 3.8) is 0 Å². The Morgan fingerprint density at radius 1 is 1.36 bits per heavy atom. The molecule has 4 rings (SSSR count). The second-order valence-corrected chi connectivity index (χ2v) is 9.03. The highest BCUT2D eigenvalue weighted by atomic mass is 19.1. The fourth-order valence-corrected chi connectivity index (χ4v) is 3.99. The van der Waals surface area contributed by atoms with E-state index in [0.29, 0.717) is 48.9 Å². The van der Waals surface area contributed by atoms with E-state index in [4.69, 9.17) is 20.2 Å². The summed E-state index contributed by atoms with van der Waals surface area (Å²) in [6.45, 7) is 7.24. The maximum Gasteiger partial charge on any atom is 0.407 e. The molecule has 1 atom stereocenters. The van der Waals surface area contributed by atoms with Crippen LogP contribution in [0.25, 0.3) is 22.4 Å². The molecule has 1 aliphatic heterocycles. The quantitative estimate of drug-likeness (QED) is 0.581. The van der Waals surface area contributed by atoms with Gasteiger partial charge in [-0.1, -0.05) is 0 Å². The number of ether oxygens (including phenoxy) is 2. The minimum absolute atomic E-state index is 0.178. The number of carbonyl (C=O) groups excluding carboxylic acids is 1. The van der Waals surface area contributed by atoms with Crippen molar-refractivity contribution in [1.29, 1.82) is 0 Å². The van der Waals surface area contributed by atoms with Gasteiger partial charge >= 0.3 is 6.09 Å². The number of imidazole rings is 1. The van der Waals surface area contributed by atoms with Gasteiger partial charge in [0, 0.05) is 26.3 Å². The number of aromatic nitrogens is 3. The van der Waals surface area contributed by atoms with E-state index in [1.165, 1.54) is 12.4 Å². The van der Waals surface area contributed by atoms with E-state index in [9.17, 15) is 9.18 Å². The summed E-state index contributed by atoms with van der Waals surface area (Å²) >= 11 is 0. The molecule has 1 saturated heterocycles. The summed E-state index contributed by atoms with van der Waals surface area (Å²) in [5.41, 5.74) is 8.95. The first-order valence-electron chi connectivity index (χ1n) is 10.8. The van der Waals surface area contributed by atoms with Gasteiger partial charge in [0.1, 0.15) is 16.9 Å². The highest BCUT2D eigenvalue weighted by Gasteiger charge is 2.29. The lowest BCUT2D eigenvalue weighted by molar-refractivity contribution is 0.0498. The number of hydrogen-bond acceptors (Lipinski definition) is 7. The van der Waals surface area contributed by atoms with E-state index < -0.39 is 17.5 Å². The van der Waals surface area contributed by atoms with E-state index in [1.807, 2.05) is 44.5 Å². The van der Waals surface area contributed by atoms with Crippen molar-refractivity contribution in [1.82, 2.24) is 19.9 Å². The van der Waals surface area contributed by atoms with Crippen LogP contribution in [0.5, 0.6) is 0 Å². The molecule has 33 heavy (non-hydrogen) atoms. The Bertz CT molecular complexity index is 1170. The van der Waals surface area contributed by atoms with Gasteiger partial charge in [-0.25, -0.2) is 14.2 Å². The van der Waals surface area contributed by atoms with Crippen molar-refractivity contribution in [3.8, 4) is 11.4 Å². The monoisotopic (exact) mass is 456 g/mol. The molecule has 0 radical (unpaired) electrons. The number of pyridine rings is 1. The predicted octanol–water partition coefficient (Wildman–Crippen LogP) is 3.09. The van der Waals surface area contributed by atoms with Gasteiger partial charge in [0.2, 0.25) is 0 Å². The molecule has 3 heterocycles. The maximum atomic E-state index is 14.5. The number of hydrogen-bond donors (Lipinski definition) is 2. The smallest absolute Gasteiger partial charge is 0.407 e. The number of carbonyl (C=O) groups is 1. The summed E-state index contributed by atoms with van der Waals surface area (Å²) in [5, 5.41) is 2.82. The van der Waals surface area contributed by atoms with Crippen LogP contribution in [0.4, 0.5) is 20.6 Å². The fraction of sp³-hybridized carbons (Fsp3) is 0.435. The Hall–Kier alpha value is -3.40. The molecule has 0 saturated carbocycles. The van der Waals surface area contributed by atoms with Gasteiger partial charge in [-0.05, 0) is 39.0 Å². The minimum atomic E-state index is -0.588. The molecule has 9 nitrogen and oxygen atoms in total. The highest BCUT2D eigenvalue weighted by molar-refractivity contribution is 5.98. The second-order valence-electron chi connectivity index (χ2n) is 9.03. The molecule has 10 heteroatoms. The summed E-state index contributed by atoms with van der Waals surface area (Å²) in [5.74, 6) is 0.0321. The third-order valence-electron chi connectivity index (χ3n) is 5.47. The number of benzene rings is 1. The van der Waals surface area contributed by atoms with E-state index in [0.717, 1.165) is 11.2 Å². The van der Waals surface area contributed by atoms with Crippen LogP contribution in [-0.2, 0) is 16.5 Å². The van der Waals surface area contributed by atoms with Gasteiger partial charge in [0.05, 0.1) is 47.9 Å². The summed E-state index contributed by atoms with van der Waals surface area (Å²) in [7, 11) is 1.84. The first-order chi connectivity index (χ1) is 15.7. The lowest BCUT2D eigenvalue weighted by Crippen LogP contribution is -2.52. The van der Waals surface area contributed by atoms with Crippen molar-refractivity contribution in [3.05, 3.63) is 36.4 Å². The average Bonchev–Trinajstić information content (AvgIpc) is 3.08. The SMILES string of the molecule is Cn1c(-c2ccncc2F)nc2c(N3CCOC[C@@H]3CNC(=O)OC(C)(C)C)c(N)ccc21. The predicted molar refractivity (Wildman–Crippen MR) is 125 cm³/mol. The standard InChI is InChI=1S/C23H29FN6O3/c1-23(2,3)33-22(31)27-11-14-13-32-10-9-30(14)20-17(25)5-6-18-19(20)28-21(29(18)4)15-7-8-26-12-16(15)24/h5-8,12,14H,9-11,13,25H2,1-4H3,(H,27,31)/t14-/m0/s1. The van der Waals surface area contributed by atoms with Crippen LogP contribution in [0.2, 0.25) is 0 Å². The van der Waals surface area contributed by atoms with Crippen LogP contribution in [-0.4, -0.2) is 58.6 Å². The number of morpholine rings is 1. The first-order valence-corrected chi connectivity index (χ1v) is 10.8. The lowest BCUT2D eigenvalue weighted by atomic mass is 10.1. The van der Waals surface area contributed by atoms with Crippen LogP contribution in [0.15, 0.2) is 30.6 Å². The number of amides is 1. The zero-order chi connectivity index (χ0) is 23.8. The number of nitrogen functional groups attached to an aromatic ring is 1. The van der Waals surface area contributed by atoms with Crippen LogP contribution in [0.3, 0.4) is 0 Å². The van der Waals surface area contributed by atoms with Crippen molar-refractivity contribution in [2.24, 2.45) is 7.05 Å². The van der Waals surface area contributed by atoms with E-state index in [-0.39, 0.29) is 6.04 Å². The van der Waals surface area contributed by atoms with Crippen molar-refractivity contribution in [2.45, 2.75) is 32.4 Å². The Balaban J connectivity index is 1.70. The van der Waals surface area contributed by atoms with Gasteiger partial charge in [0.25, 0.3) is 0 Å². The molecular weight excluding hydrogens is 427 g/mol. The number of nitrogens with zero attached hydrogens (tertiary/aromatic N) is 4. The normalized spacial score (nSPS) is 16.8. The van der Waals surface area contributed by atoms with Crippen LogP contribution in [0.1, 0.15) is 20.8 Å². The second kappa shape index (κ2) is 8.86. The largest absolute Gasteiger partial charge is 0.444 e. The number of rotatable bonds is 4. The number of anilines is 2. The van der Waals surface area contributed by atoms with Gasteiger partial charge in [-0.15, -0.1) is 0 Å². The molecule has 3 N–H and O–H groups in total. The molecule has 1 aromatic carbocycles. The summed E-state index contributed by atoms with van der Waals surface area (Å²) < 4.78 is 27.3. The molecule has 0 bridgehead atoms. The zero-order valence-corrected chi connectivity index (χ0v) is 19.3. The number of halogens is 1. The number of nitrogens with two attached hydrogens (primary N) is 1. The van der Waals surface area contributed by atoms with E-state index in [1.54, 1.807) is 6.07 Å².